The van der Waals surface area contributed by atoms with Crippen LogP contribution in [0.1, 0.15) is 105 Å². The van der Waals surface area contributed by atoms with Crippen LogP contribution in [0.2, 0.25) is 0 Å². The Morgan fingerprint density at radius 2 is 1.55 bits per heavy atom. The summed E-state index contributed by atoms with van der Waals surface area (Å²) >= 11 is 0. The fourth-order valence-corrected chi connectivity index (χ4v) is 10.9. The van der Waals surface area contributed by atoms with E-state index < -0.39 is 0 Å². The summed E-state index contributed by atoms with van der Waals surface area (Å²) in [6.07, 6.45) is 8.82. The summed E-state index contributed by atoms with van der Waals surface area (Å²) in [4.78, 5) is 13.7. The zero-order valence-electron chi connectivity index (χ0n) is 28.1. The lowest BCUT2D eigenvalue weighted by Gasteiger charge is -2.66. The van der Waals surface area contributed by atoms with Gasteiger partial charge in [-0.1, -0.05) is 103 Å². The number of ether oxygens (including phenoxy) is 2. The molecule has 3 nitrogen and oxygen atoms in total. The molecule has 2 saturated carbocycles. The molecule has 0 amide bonds. The molecule has 3 heteroatoms. The Kier molecular flexibility index (Phi) is 6.95. The molecule has 0 radical (unpaired) electrons. The van der Waals surface area contributed by atoms with Gasteiger partial charge in [-0.05, 0) is 112 Å². The van der Waals surface area contributed by atoms with Gasteiger partial charge in [0.1, 0.15) is 5.60 Å². The molecule has 0 N–H and O–H groups in total. The maximum Gasteiger partial charge on any atom is 0.310 e. The summed E-state index contributed by atoms with van der Waals surface area (Å²) in [5.74, 6) is 0.635. The summed E-state index contributed by atoms with van der Waals surface area (Å²) in [6, 6.07) is 20.0. The molecule has 2 aliphatic carbocycles. The van der Waals surface area contributed by atoms with E-state index in [-0.39, 0.29) is 33.7 Å². The fraction of sp³-hybridized carbons (Fsp3) is 0.585. The lowest BCUT2D eigenvalue weighted by Crippen LogP contribution is -2.64. The Labute approximate surface area is 264 Å². The van der Waals surface area contributed by atoms with Crippen LogP contribution >= 0.6 is 0 Å². The lowest BCUT2D eigenvalue weighted by molar-refractivity contribution is -0.208. The van der Waals surface area contributed by atoms with Gasteiger partial charge in [0.25, 0.3) is 0 Å². The zero-order valence-corrected chi connectivity index (χ0v) is 28.1. The molecule has 234 valence electrons. The number of benzene rings is 4. The molecule has 0 spiro atoms. The molecule has 0 bridgehead atoms. The molecule has 1 saturated heterocycles. The number of carbonyl (C=O) groups excluding carboxylic acids is 1. The van der Waals surface area contributed by atoms with E-state index >= 15 is 0 Å². The Bertz CT molecular complexity index is 1700. The third-order valence-electron chi connectivity index (χ3n) is 13.5. The van der Waals surface area contributed by atoms with Gasteiger partial charge in [0, 0.05) is 12.0 Å². The van der Waals surface area contributed by atoms with Crippen LogP contribution in [0.4, 0.5) is 0 Å². The normalized spacial score (nSPS) is 31.8. The van der Waals surface area contributed by atoms with Crippen LogP contribution in [0.25, 0.3) is 32.3 Å². The van der Waals surface area contributed by atoms with Crippen LogP contribution in [0.15, 0.2) is 54.6 Å². The molecule has 4 aromatic rings. The van der Waals surface area contributed by atoms with E-state index in [1.807, 2.05) is 0 Å². The highest BCUT2D eigenvalue weighted by atomic mass is 16.6. The first-order valence-corrected chi connectivity index (χ1v) is 17.3. The number of rotatable bonds is 8. The Morgan fingerprint density at radius 1 is 0.864 bits per heavy atom. The van der Waals surface area contributed by atoms with Crippen molar-refractivity contribution in [1.29, 1.82) is 0 Å². The van der Waals surface area contributed by atoms with Crippen LogP contribution in [0.5, 0.6) is 0 Å². The SMILES string of the molecule is CC(C)(CCCOCc1ccc2ccc3cccc4ccc1c2c34)CC1C(=O)O[C@@]2(C)CC[C@@H]3C(C)(C)CCC[C@@]3(C)[C@]12C. The maximum atomic E-state index is 13.7. The molecule has 1 heterocycles. The van der Waals surface area contributed by atoms with E-state index in [9.17, 15) is 4.79 Å². The minimum Gasteiger partial charge on any atom is -0.459 e. The molecule has 44 heavy (non-hydrogen) atoms. The number of hydrogen-bond donors (Lipinski definition) is 0. The lowest BCUT2D eigenvalue weighted by atomic mass is 9.38. The quantitative estimate of drug-likeness (QED) is 0.116. The largest absolute Gasteiger partial charge is 0.459 e. The minimum absolute atomic E-state index is 0.0296. The predicted molar refractivity (Wildman–Crippen MR) is 182 cm³/mol. The van der Waals surface area contributed by atoms with Crippen molar-refractivity contribution in [3.63, 3.8) is 0 Å². The van der Waals surface area contributed by atoms with Gasteiger partial charge in [0.2, 0.25) is 0 Å². The fourth-order valence-electron chi connectivity index (χ4n) is 10.9. The minimum atomic E-state index is -0.368. The summed E-state index contributed by atoms with van der Waals surface area (Å²) < 4.78 is 12.7. The van der Waals surface area contributed by atoms with Gasteiger partial charge in [-0.3, -0.25) is 4.79 Å². The van der Waals surface area contributed by atoms with Crippen molar-refractivity contribution in [3.8, 4) is 0 Å². The topological polar surface area (TPSA) is 35.5 Å². The monoisotopic (exact) mass is 592 g/mol. The molecule has 3 fully saturated rings. The first-order chi connectivity index (χ1) is 20.8. The second kappa shape index (κ2) is 10.2. The molecule has 1 aliphatic heterocycles. The van der Waals surface area contributed by atoms with Crippen molar-refractivity contribution in [2.75, 3.05) is 6.61 Å². The molecular formula is C41H52O3. The summed E-state index contributed by atoms with van der Waals surface area (Å²) in [6.45, 7) is 18.2. The molecule has 4 aromatic carbocycles. The van der Waals surface area contributed by atoms with Crippen LogP contribution < -0.4 is 0 Å². The Morgan fingerprint density at radius 3 is 2.30 bits per heavy atom. The smallest absolute Gasteiger partial charge is 0.310 e. The van der Waals surface area contributed by atoms with Gasteiger partial charge in [0.05, 0.1) is 12.5 Å². The van der Waals surface area contributed by atoms with Gasteiger partial charge in [-0.25, -0.2) is 0 Å². The van der Waals surface area contributed by atoms with Gasteiger partial charge in [-0.2, -0.15) is 0 Å². The van der Waals surface area contributed by atoms with Crippen molar-refractivity contribution < 1.29 is 14.3 Å². The van der Waals surface area contributed by atoms with Gasteiger partial charge in [0.15, 0.2) is 0 Å². The summed E-state index contributed by atoms with van der Waals surface area (Å²) in [5, 5.41) is 7.90. The summed E-state index contributed by atoms with van der Waals surface area (Å²) in [7, 11) is 0. The van der Waals surface area contributed by atoms with Crippen LogP contribution in [0, 0.1) is 33.5 Å². The third kappa shape index (κ3) is 4.35. The first kappa shape index (κ1) is 30.0. The average Bonchev–Trinajstić information content (AvgIpc) is 3.17. The van der Waals surface area contributed by atoms with E-state index in [1.54, 1.807) is 0 Å². The van der Waals surface area contributed by atoms with Crippen LogP contribution in [-0.2, 0) is 20.9 Å². The van der Waals surface area contributed by atoms with Gasteiger partial charge in [-0.15, -0.1) is 0 Å². The number of carbonyl (C=O) groups is 1. The highest BCUT2D eigenvalue weighted by Crippen LogP contribution is 2.73. The molecule has 7 rings (SSSR count). The maximum absolute atomic E-state index is 13.7. The molecule has 5 atom stereocenters. The third-order valence-corrected chi connectivity index (χ3v) is 13.5. The van der Waals surface area contributed by atoms with Crippen molar-refractivity contribution in [2.24, 2.45) is 33.5 Å². The van der Waals surface area contributed by atoms with Crippen LogP contribution in [-0.4, -0.2) is 18.2 Å². The average molecular weight is 593 g/mol. The number of esters is 1. The van der Waals surface area contributed by atoms with E-state index in [4.69, 9.17) is 9.47 Å². The van der Waals surface area contributed by atoms with E-state index in [1.165, 1.54) is 63.6 Å². The second-order valence-electron chi connectivity index (χ2n) is 16.9. The van der Waals surface area contributed by atoms with Crippen molar-refractivity contribution in [3.05, 3.63) is 60.2 Å². The second-order valence-corrected chi connectivity index (χ2v) is 16.9. The molecule has 3 aliphatic rings. The number of hydrogen-bond acceptors (Lipinski definition) is 3. The van der Waals surface area contributed by atoms with Gasteiger partial charge < -0.3 is 9.47 Å². The Balaban J connectivity index is 1.03. The van der Waals surface area contributed by atoms with E-state index in [2.05, 4.69) is 103 Å². The number of fused-ring (bicyclic) bond motifs is 3. The standard InChI is InChI=1S/C41H52O3/c1-37(2,25-32-36(42)44-40(6)23-19-33-38(3,4)21-9-22-39(33,5)41(32,40)7)20-10-24-43-26-30-16-15-29-14-13-27-11-8-12-28-17-18-31(30)35(29)34(27)28/h8,11-18,32-33H,9-10,19-26H2,1-7H3/t32?,33-,39-,40+,41+/m1/s1. The highest BCUT2D eigenvalue weighted by molar-refractivity contribution is 6.23. The molecule has 1 unspecified atom stereocenters. The van der Waals surface area contributed by atoms with Crippen LogP contribution in [0.3, 0.4) is 0 Å². The van der Waals surface area contributed by atoms with E-state index in [0.717, 1.165) is 32.3 Å². The van der Waals surface area contributed by atoms with Gasteiger partial charge >= 0.3 is 5.97 Å². The zero-order chi connectivity index (χ0) is 31.1. The van der Waals surface area contributed by atoms with Crippen molar-refractivity contribution in [2.45, 2.75) is 112 Å². The van der Waals surface area contributed by atoms with Crippen molar-refractivity contribution in [1.82, 2.24) is 0 Å². The highest BCUT2D eigenvalue weighted by Gasteiger charge is 2.73. The molecular weight excluding hydrogens is 540 g/mol. The first-order valence-electron chi connectivity index (χ1n) is 17.3. The van der Waals surface area contributed by atoms with E-state index in [0.29, 0.717) is 17.9 Å². The summed E-state index contributed by atoms with van der Waals surface area (Å²) in [5.41, 5.74) is 1.19. The van der Waals surface area contributed by atoms with Crippen molar-refractivity contribution >= 4 is 38.3 Å². The predicted octanol–water partition coefficient (Wildman–Crippen LogP) is 10.9. The molecule has 0 aromatic heterocycles. The Hall–Kier alpha value is -2.65.